The van der Waals surface area contributed by atoms with E-state index in [0.717, 1.165) is 5.56 Å². The fraction of sp³-hybridized carbons (Fsp3) is 0.118. The highest BCUT2D eigenvalue weighted by Gasteiger charge is 2.19. The molecule has 6 heteroatoms. The number of nitro benzene ring substituents is 1. The molecular formula is C17H15NO5. The summed E-state index contributed by atoms with van der Waals surface area (Å²) in [6.07, 6.45) is 2.77. The lowest BCUT2D eigenvalue weighted by atomic mass is 10.1. The zero-order valence-corrected chi connectivity index (χ0v) is 12.6. The summed E-state index contributed by atoms with van der Waals surface area (Å²) in [5.41, 5.74) is 1.40. The smallest absolute Gasteiger partial charge is 0.315 e. The minimum Gasteiger partial charge on any atom is -0.500 e. The first-order valence-electron chi connectivity index (χ1n) is 6.77. The fourth-order valence-corrected chi connectivity index (χ4v) is 2.07. The molecule has 0 amide bonds. The van der Waals surface area contributed by atoms with Crippen molar-refractivity contribution in [3.05, 3.63) is 69.3 Å². The number of phenolic OH excluding ortho intramolecular Hbond substituents is 1. The van der Waals surface area contributed by atoms with Crippen molar-refractivity contribution in [2.75, 3.05) is 7.11 Å². The summed E-state index contributed by atoms with van der Waals surface area (Å²) in [6.45, 7) is 1.88. The summed E-state index contributed by atoms with van der Waals surface area (Å²) in [5.74, 6) is -0.787. The van der Waals surface area contributed by atoms with Crippen molar-refractivity contribution in [2.24, 2.45) is 0 Å². The number of rotatable bonds is 5. The monoisotopic (exact) mass is 313 g/mol. The molecule has 0 heterocycles. The third kappa shape index (κ3) is 3.74. The van der Waals surface area contributed by atoms with E-state index in [0.29, 0.717) is 11.1 Å². The summed E-state index contributed by atoms with van der Waals surface area (Å²) in [7, 11) is 1.30. The number of phenols is 1. The molecule has 0 fully saturated rings. The number of aromatic hydroxyl groups is 1. The highest BCUT2D eigenvalue weighted by Crippen LogP contribution is 2.37. The lowest BCUT2D eigenvalue weighted by Gasteiger charge is -2.05. The maximum atomic E-state index is 12.1. The lowest BCUT2D eigenvalue weighted by molar-refractivity contribution is -0.386. The number of aryl methyl sites for hydroxylation is 1. The van der Waals surface area contributed by atoms with Crippen LogP contribution < -0.4 is 4.74 Å². The number of hydrogen-bond acceptors (Lipinski definition) is 5. The Hall–Kier alpha value is -3.15. The number of ether oxygens (including phenoxy) is 1. The Labute approximate surface area is 132 Å². The third-order valence-electron chi connectivity index (χ3n) is 3.22. The molecule has 0 aromatic heterocycles. The maximum absolute atomic E-state index is 12.1. The molecule has 0 radical (unpaired) electrons. The molecule has 2 aromatic carbocycles. The maximum Gasteiger partial charge on any atom is 0.315 e. The van der Waals surface area contributed by atoms with Gasteiger partial charge in [-0.25, -0.2) is 0 Å². The first-order chi connectivity index (χ1) is 10.9. The number of methoxy groups -OCH3 is 1. The summed E-state index contributed by atoms with van der Waals surface area (Å²) in [6, 6.07) is 9.71. The fourth-order valence-electron chi connectivity index (χ4n) is 2.07. The van der Waals surface area contributed by atoms with Crippen LogP contribution in [0.4, 0.5) is 5.69 Å². The first-order valence-corrected chi connectivity index (χ1v) is 6.77. The SMILES string of the molecule is COc1cc(/C=C/C(=O)c2cccc(C)c2)cc([N+](=O)[O-])c1O. The summed E-state index contributed by atoms with van der Waals surface area (Å²) in [5, 5.41) is 20.7. The van der Waals surface area contributed by atoms with Crippen molar-refractivity contribution >= 4 is 17.5 Å². The number of nitro groups is 1. The van der Waals surface area contributed by atoms with E-state index < -0.39 is 16.4 Å². The van der Waals surface area contributed by atoms with Crippen LogP contribution in [-0.4, -0.2) is 22.9 Å². The van der Waals surface area contributed by atoms with E-state index >= 15 is 0 Å². The van der Waals surface area contributed by atoms with Crippen LogP contribution in [0.15, 0.2) is 42.5 Å². The van der Waals surface area contributed by atoms with Gasteiger partial charge in [0.2, 0.25) is 5.75 Å². The highest BCUT2D eigenvalue weighted by atomic mass is 16.6. The van der Waals surface area contributed by atoms with Crippen LogP contribution in [0.25, 0.3) is 6.08 Å². The summed E-state index contributed by atoms with van der Waals surface area (Å²) < 4.78 is 4.91. The Morgan fingerprint density at radius 2 is 2.04 bits per heavy atom. The number of ketones is 1. The molecule has 23 heavy (non-hydrogen) atoms. The second kappa shape index (κ2) is 6.74. The van der Waals surface area contributed by atoms with E-state index in [9.17, 15) is 20.0 Å². The van der Waals surface area contributed by atoms with Gasteiger partial charge in [0.05, 0.1) is 12.0 Å². The van der Waals surface area contributed by atoms with Gasteiger partial charge in [0.25, 0.3) is 0 Å². The average molecular weight is 313 g/mol. The van der Waals surface area contributed by atoms with Crippen molar-refractivity contribution in [3.63, 3.8) is 0 Å². The Kier molecular flexibility index (Phi) is 4.75. The number of allylic oxidation sites excluding steroid dienone is 1. The van der Waals surface area contributed by atoms with E-state index in [2.05, 4.69) is 0 Å². The number of benzene rings is 2. The lowest BCUT2D eigenvalue weighted by Crippen LogP contribution is -1.95. The van der Waals surface area contributed by atoms with Gasteiger partial charge in [-0.3, -0.25) is 14.9 Å². The Morgan fingerprint density at radius 3 is 2.65 bits per heavy atom. The van der Waals surface area contributed by atoms with Crippen LogP contribution in [0, 0.1) is 17.0 Å². The Morgan fingerprint density at radius 1 is 1.30 bits per heavy atom. The van der Waals surface area contributed by atoms with E-state index in [1.165, 1.54) is 31.4 Å². The summed E-state index contributed by atoms with van der Waals surface area (Å²) >= 11 is 0. The molecule has 1 N–H and O–H groups in total. The Balaban J connectivity index is 2.34. The van der Waals surface area contributed by atoms with Crippen LogP contribution in [0.1, 0.15) is 21.5 Å². The molecular weight excluding hydrogens is 298 g/mol. The van der Waals surface area contributed by atoms with Gasteiger partial charge in [-0.2, -0.15) is 0 Å². The number of nitrogens with zero attached hydrogens (tertiary/aromatic N) is 1. The van der Waals surface area contributed by atoms with E-state index in [1.54, 1.807) is 18.2 Å². The van der Waals surface area contributed by atoms with E-state index in [1.807, 2.05) is 13.0 Å². The zero-order valence-electron chi connectivity index (χ0n) is 12.6. The minimum absolute atomic E-state index is 0.0261. The topological polar surface area (TPSA) is 89.7 Å². The van der Waals surface area contributed by atoms with Gasteiger partial charge in [0.1, 0.15) is 0 Å². The minimum atomic E-state index is -0.711. The molecule has 2 aromatic rings. The van der Waals surface area contributed by atoms with Crippen LogP contribution in [0.3, 0.4) is 0 Å². The van der Waals surface area contributed by atoms with Gasteiger partial charge in [-0.05, 0) is 30.7 Å². The number of hydrogen-bond donors (Lipinski definition) is 1. The van der Waals surface area contributed by atoms with E-state index in [4.69, 9.17) is 4.74 Å². The van der Waals surface area contributed by atoms with Gasteiger partial charge < -0.3 is 9.84 Å². The molecule has 0 saturated heterocycles. The van der Waals surface area contributed by atoms with Gasteiger partial charge in [0, 0.05) is 11.6 Å². The first kappa shape index (κ1) is 16.2. The standard InChI is InChI=1S/C17H15NO5/c1-11-4-3-5-13(8-11)15(19)7-6-12-9-14(18(21)22)17(20)16(10-12)23-2/h3-10,20H,1-2H3/b7-6+. The molecule has 0 saturated carbocycles. The second-order valence-electron chi connectivity index (χ2n) is 4.92. The van der Waals surface area contributed by atoms with Crippen molar-refractivity contribution in [1.82, 2.24) is 0 Å². The molecule has 0 aliphatic rings. The van der Waals surface area contributed by atoms with E-state index in [-0.39, 0.29) is 11.5 Å². The molecule has 0 aliphatic heterocycles. The Bertz CT molecular complexity index is 796. The third-order valence-corrected chi connectivity index (χ3v) is 3.22. The van der Waals surface area contributed by atoms with Crippen LogP contribution in [0.5, 0.6) is 11.5 Å². The molecule has 2 rings (SSSR count). The van der Waals surface area contributed by atoms with Crippen LogP contribution >= 0.6 is 0 Å². The van der Waals surface area contributed by atoms with Crippen molar-refractivity contribution in [1.29, 1.82) is 0 Å². The largest absolute Gasteiger partial charge is 0.500 e. The molecule has 118 valence electrons. The van der Waals surface area contributed by atoms with Gasteiger partial charge >= 0.3 is 5.69 Å². The van der Waals surface area contributed by atoms with Crippen molar-refractivity contribution < 1.29 is 19.6 Å². The highest BCUT2D eigenvalue weighted by molar-refractivity contribution is 6.06. The predicted molar refractivity (Wildman–Crippen MR) is 85.9 cm³/mol. The number of carbonyl (C=O) groups excluding carboxylic acids is 1. The normalized spacial score (nSPS) is 10.7. The van der Waals surface area contributed by atoms with Crippen LogP contribution in [-0.2, 0) is 0 Å². The van der Waals surface area contributed by atoms with Gasteiger partial charge in [-0.15, -0.1) is 0 Å². The van der Waals surface area contributed by atoms with Gasteiger partial charge in [-0.1, -0.05) is 29.8 Å². The molecule has 0 unspecified atom stereocenters. The number of carbonyl (C=O) groups is 1. The average Bonchev–Trinajstić information content (AvgIpc) is 2.53. The van der Waals surface area contributed by atoms with Crippen molar-refractivity contribution in [3.8, 4) is 11.5 Å². The molecule has 0 atom stereocenters. The zero-order chi connectivity index (χ0) is 17.0. The molecule has 6 nitrogen and oxygen atoms in total. The summed E-state index contributed by atoms with van der Waals surface area (Å²) in [4.78, 5) is 22.3. The molecule has 0 spiro atoms. The quantitative estimate of drug-likeness (QED) is 0.395. The van der Waals surface area contributed by atoms with Crippen LogP contribution in [0.2, 0.25) is 0 Å². The predicted octanol–water partition coefficient (Wildman–Crippen LogP) is 3.51. The van der Waals surface area contributed by atoms with Gasteiger partial charge in [0.15, 0.2) is 11.5 Å². The van der Waals surface area contributed by atoms with Crippen molar-refractivity contribution in [2.45, 2.75) is 6.92 Å². The second-order valence-corrected chi connectivity index (χ2v) is 4.92. The molecule has 0 bridgehead atoms. The molecule has 0 aliphatic carbocycles.